The Bertz CT molecular complexity index is 1050. The number of anilines is 1. The van der Waals surface area contributed by atoms with Gasteiger partial charge in [0.15, 0.2) is 0 Å². The summed E-state index contributed by atoms with van der Waals surface area (Å²) in [5.74, 6) is -3.69. The Kier molecular flexibility index (Phi) is 5.33. The fourth-order valence-electron chi connectivity index (χ4n) is 4.42. The second-order valence-electron chi connectivity index (χ2n) is 7.25. The maximum absolute atomic E-state index is 11.8. The number of nitro benzene ring substituents is 1. The number of hydrogen-bond acceptors (Lipinski definition) is 8. The number of halogens is 1. The molecule has 0 unspecified atom stereocenters. The van der Waals surface area contributed by atoms with Crippen molar-refractivity contribution in [3.05, 3.63) is 63.7 Å². The van der Waals surface area contributed by atoms with Crippen LogP contribution in [0.5, 0.6) is 0 Å². The molecule has 0 aromatic heterocycles. The average Bonchev–Trinajstić information content (AvgIpc) is 3.03. The Labute approximate surface area is 180 Å². The molecule has 1 aliphatic carbocycles. The van der Waals surface area contributed by atoms with E-state index in [-0.39, 0.29) is 22.2 Å². The number of nitro groups is 1. The molecule has 1 aliphatic heterocycles. The topological polar surface area (TPSA) is 135 Å². The molecule has 5 atom stereocenters. The van der Waals surface area contributed by atoms with Crippen molar-refractivity contribution in [2.75, 3.05) is 5.32 Å². The van der Waals surface area contributed by atoms with Crippen molar-refractivity contribution >= 4 is 46.7 Å². The fraction of sp³-hybridized carbons (Fsp3) is 0.300. The third-order valence-corrected chi connectivity index (χ3v) is 7.77. The van der Waals surface area contributed by atoms with Crippen LogP contribution in [-0.2, 0) is 4.79 Å². The van der Waals surface area contributed by atoms with E-state index < -0.39 is 40.1 Å². The molecule has 8 nitrogen and oxygen atoms in total. The Morgan fingerprint density at radius 2 is 1.87 bits per heavy atom. The first-order chi connectivity index (χ1) is 14.3. The van der Waals surface area contributed by atoms with Crippen LogP contribution in [0.2, 0.25) is 0 Å². The lowest BCUT2D eigenvalue weighted by Gasteiger charge is -2.39. The lowest BCUT2D eigenvalue weighted by Crippen LogP contribution is -2.49. The third kappa shape index (κ3) is 3.37. The number of carbonyl (C=O) groups excluding carboxylic acids is 2. The molecule has 10 heteroatoms. The maximum Gasteiger partial charge on any atom is 0.282 e. The van der Waals surface area contributed by atoms with Crippen LogP contribution in [0.15, 0.2) is 47.4 Å². The van der Waals surface area contributed by atoms with Gasteiger partial charge in [-0.25, -0.2) is 0 Å². The van der Waals surface area contributed by atoms with Crippen LogP contribution in [0.4, 0.5) is 11.4 Å². The van der Waals surface area contributed by atoms with E-state index in [0.29, 0.717) is 16.9 Å². The third-order valence-electron chi connectivity index (χ3n) is 5.66. The number of para-hydroxylation sites is 2. The van der Waals surface area contributed by atoms with Crippen molar-refractivity contribution in [2.24, 2.45) is 5.92 Å². The molecule has 1 heterocycles. The zero-order chi connectivity index (χ0) is 21.6. The van der Waals surface area contributed by atoms with E-state index in [1.807, 2.05) is 0 Å². The van der Waals surface area contributed by atoms with Gasteiger partial charge in [-0.1, -0.05) is 30.3 Å². The minimum Gasteiger partial charge on any atom is -0.548 e. The quantitative estimate of drug-likeness (QED) is 0.413. The molecule has 0 amide bonds. The minimum atomic E-state index is -1.43. The molecule has 1 fully saturated rings. The highest BCUT2D eigenvalue weighted by Crippen LogP contribution is 2.55. The number of carbonyl (C=O) groups is 2. The van der Waals surface area contributed by atoms with Gasteiger partial charge in [0.2, 0.25) is 0 Å². The van der Waals surface area contributed by atoms with Crippen molar-refractivity contribution in [3.63, 3.8) is 0 Å². The molecule has 30 heavy (non-hydrogen) atoms. The maximum atomic E-state index is 11.8. The monoisotopic (exact) mass is 446 g/mol. The van der Waals surface area contributed by atoms with E-state index in [0.717, 1.165) is 0 Å². The Morgan fingerprint density at radius 3 is 2.53 bits per heavy atom. The number of aliphatic carboxylic acids is 1. The van der Waals surface area contributed by atoms with Crippen LogP contribution in [0.3, 0.4) is 0 Å². The van der Waals surface area contributed by atoms with Crippen LogP contribution in [0, 0.1) is 16.0 Å². The number of carboxylic acids is 2. The van der Waals surface area contributed by atoms with E-state index >= 15 is 0 Å². The highest BCUT2D eigenvalue weighted by atomic mass is 35.5. The van der Waals surface area contributed by atoms with Gasteiger partial charge in [0.05, 0.1) is 33.2 Å². The van der Waals surface area contributed by atoms with Gasteiger partial charge in [0.1, 0.15) is 0 Å². The number of alkyl halides is 1. The normalized spacial score (nSPS) is 26.9. The zero-order valence-corrected chi connectivity index (χ0v) is 16.9. The van der Waals surface area contributed by atoms with Gasteiger partial charge in [-0.15, -0.1) is 23.4 Å². The van der Waals surface area contributed by atoms with Crippen molar-refractivity contribution in [3.8, 4) is 0 Å². The summed E-state index contributed by atoms with van der Waals surface area (Å²) in [6.45, 7) is 0. The molecule has 4 rings (SSSR count). The molecule has 0 spiro atoms. The second-order valence-corrected chi connectivity index (χ2v) is 9.03. The first-order valence-corrected chi connectivity index (χ1v) is 10.5. The molecule has 156 valence electrons. The van der Waals surface area contributed by atoms with Crippen LogP contribution in [0.25, 0.3) is 0 Å². The summed E-state index contributed by atoms with van der Waals surface area (Å²) in [5, 5.41) is 36.6. The zero-order valence-electron chi connectivity index (χ0n) is 15.3. The lowest BCUT2D eigenvalue weighted by atomic mass is 9.78. The molecule has 2 aliphatic rings. The van der Waals surface area contributed by atoms with E-state index in [1.54, 1.807) is 30.3 Å². The summed E-state index contributed by atoms with van der Waals surface area (Å²) < 4.78 is 0. The predicted molar refractivity (Wildman–Crippen MR) is 106 cm³/mol. The standard InChI is InChI=1S/C20H17ClN2O6S/c21-16-14(30-13-7-2-1-6-12(13)23(28)29)8-11-15(16)9-4-3-5-10(19(24)25)17(9)22-18(11)20(26)27/h1-7,11,14-16,18,22H,8H2,(H,24,25)(H,26,27)/p-2/t11-,14+,15+,16-,18+/m1/s1. The number of carboxylic acid groups (broad SMARTS) is 2. The smallest absolute Gasteiger partial charge is 0.282 e. The van der Waals surface area contributed by atoms with Crippen molar-refractivity contribution in [1.29, 1.82) is 0 Å². The lowest BCUT2D eigenvalue weighted by molar-refractivity contribution is -0.387. The fourth-order valence-corrected chi connectivity index (χ4v) is 6.36. The molecular weight excluding hydrogens is 432 g/mol. The summed E-state index contributed by atoms with van der Waals surface area (Å²) >= 11 is 8.00. The van der Waals surface area contributed by atoms with Crippen molar-refractivity contribution < 1.29 is 24.7 Å². The minimum absolute atomic E-state index is 0.0459. The number of rotatable bonds is 5. The summed E-state index contributed by atoms with van der Waals surface area (Å²) in [6, 6.07) is 9.77. The summed E-state index contributed by atoms with van der Waals surface area (Å²) in [6.07, 6.45) is 0.371. The van der Waals surface area contributed by atoms with E-state index in [9.17, 15) is 29.9 Å². The van der Waals surface area contributed by atoms with Gasteiger partial charge in [-0.05, 0) is 24.0 Å². The molecule has 0 radical (unpaired) electrons. The van der Waals surface area contributed by atoms with Gasteiger partial charge in [-0.2, -0.15) is 0 Å². The number of nitrogens with zero attached hydrogens (tertiary/aromatic N) is 1. The Hall–Kier alpha value is -2.78. The first kappa shape index (κ1) is 20.5. The van der Waals surface area contributed by atoms with Gasteiger partial charge in [0, 0.05) is 28.5 Å². The highest BCUT2D eigenvalue weighted by Gasteiger charge is 2.50. The average molecular weight is 447 g/mol. The SMILES string of the molecule is O=C([O-])c1cccc2c1N[C@H](C(=O)[O-])[C@@H]1C[C@H](Sc3ccccc3[N+](=O)[O-])[C@@H](Cl)[C@@H]21. The number of thioether (sulfide) groups is 1. The molecular formula is C20H15ClN2O6S-2. The summed E-state index contributed by atoms with van der Waals surface area (Å²) in [7, 11) is 0. The molecule has 2 aromatic rings. The van der Waals surface area contributed by atoms with Gasteiger partial charge >= 0.3 is 0 Å². The van der Waals surface area contributed by atoms with E-state index in [4.69, 9.17) is 11.6 Å². The number of fused-ring (bicyclic) bond motifs is 3. The number of hydrogen-bond donors (Lipinski definition) is 1. The number of nitrogens with one attached hydrogen (secondary N) is 1. The first-order valence-electron chi connectivity index (χ1n) is 9.15. The van der Waals surface area contributed by atoms with Crippen LogP contribution < -0.4 is 15.5 Å². The van der Waals surface area contributed by atoms with E-state index in [1.165, 1.54) is 23.9 Å². The number of benzene rings is 2. The molecule has 2 aromatic carbocycles. The van der Waals surface area contributed by atoms with Crippen LogP contribution in [0.1, 0.15) is 28.3 Å². The van der Waals surface area contributed by atoms with Crippen molar-refractivity contribution in [2.45, 2.75) is 33.9 Å². The van der Waals surface area contributed by atoms with Crippen LogP contribution >= 0.6 is 23.4 Å². The molecule has 0 saturated heterocycles. The van der Waals surface area contributed by atoms with Gasteiger partial charge in [-0.3, -0.25) is 10.1 Å². The Morgan fingerprint density at radius 1 is 1.13 bits per heavy atom. The van der Waals surface area contributed by atoms with Crippen LogP contribution in [-0.4, -0.2) is 33.5 Å². The Balaban J connectivity index is 1.73. The second kappa shape index (κ2) is 7.81. The van der Waals surface area contributed by atoms with Gasteiger partial charge in [0.25, 0.3) is 5.69 Å². The highest BCUT2D eigenvalue weighted by molar-refractivity contribution is 8.00. The summed E-state index contributed by atoms with van der Waals surface area (Å²) in [5.41, 5.74) is 0.589. The molecule has 1 saturated carbocycles. The largest absolute Gasteiger partial charge is 0.548 e. The van der Waals surface area contributed by atoms with Crippen molar-refractivity contribution in [1.82, 2.24) is 0 Å². The van der Waals surface area contributed by atoms with E-state index in [2.05, 4.69) is 5.32 Å². The number of aromatic carboxylic acids is 1. The molecule has 1 N–H and O–H groups in total. The predicted octanol–water partition coefficient (Wildman–Crippen LogP) is 1.37. The summed E-state index contributed by atoms with van der Waals surface area (Å²) in [4.78, 5) is 34.6. The van der Waals surface area contributed by atoms with Gasteiger partial charge < -0.3 is 25.1 Å². The molecule has 0 bridgehead atoms.